The summed E-state index contributed by atoms with van der Waals surface area (Å²) in [4.78, 5) is 16.8. The second-order valence-electron chi connectivity index (χ2n) is 4.94. The van der Waals surface area contributed by atoms with Crippen LogP contribution in [0.15, 0.2) is 34.3 Å². The molecule has 0 aliphatic rings. The molecule has 0 aliphatic heterocycles. The number of hydrogen-bond acceptors (Lipinski definition) is 4. The zero-order valence-electron chi connectivity index (χ0n) is 12.0. The second kappa shape index (κ2) is 6.20. The number of anilines is 1. The molecule has 0 unspecified atom stereocenters. The normalized spacial score (nSPS) is 10.7. The second-order valence-corrected chi connectivity index (χ2v) is 6.99. The number of aryl methyl sites for hydroxylation is 2. The molecule has 0 atom stereocenters. The number of nitrogens with zero attached hydrogens (tertiary/aromatic N) is 1. The van der Waals surface area contributed by atoms with Crippen LogP contribution in [0.5, 0.6) is 0 Å². The fourth-order valence-electron chi connectivity index (χ4n) is 2.15. The van der Waals surface area contributed by atoms with E-state index in [0.29, 0.717) is 16.4 Å². The molecule has 0 saturated carbocycles. The van der Waals surface area contributed by atoms with Gasteiger partial charge in [0.05, 0.1) is 10.7 Å². The topological polar surface area (TPSA) is 42.0 Å². The first kappa shape index (κ1) is 15.2. The molecule has 112 valence electrons. The summed E-state index contributed by atoms with van der Waals surface area (Å²) in [5.74, 6) is -0.244. The molecule has 0 fully saturated rings. The van der Waals surface area contributed by atoms with Gasteiger partial charge in [0.1, 0.15) is 10.7 Å². The van der Waals surface area contributed by atoms with Gasteiger partial charge in [0.25, 0.3) is 5.91 Å². The van der Waals surface area contributed by atoms with Crippen molar-refractivity contribution in [3.63, 3.8) is 0 Å². The van der Waals surface area contributed by atoms with Crippen molar-refractivity contribution in [2.75, 3.05) is 5.32 Å². The number of halogens is 1. The maximum absolute atomic E-state index is 12.4. The Bertz CT molecular complexity index is 802. The van der Waals surface area contributed by atoms with Gasteiger partial charge in [-0.3, -0.25) is 4.79 Å². The van der Waals surface area contributed by atoms with Crippen LogP contribution in [0.1, 0.15) is 21.6 Å². The van der Waals surface area contributed by atoms with Crippen LogP contribution >= 0.6 is 34.3 Å². The third kappa shape index (κ3) is 3.06. The van der Waals surface area contributed by atoms with Crippen molar-refractivity contribution in [1.29, 1.82) is 0 Å². The minimum atomic E-state index is -0.244. The Morgan fingerprint density at radius 3 is 2.77 bits per heavy atom. The Kier molecular flexibility index (Phi) is 4.29. The highest BCUT2D eigenvalue weighted by molar-refractivity contribution is 7.14. The number of nitrogens with one attached hydrogen (secondary N) is 1. The third-order valence-electron chi connectivity index (χ3n) is 3.18. The molecule has 22 heavy (non-hydrogen) atoms. The summed E-state index contributed by atoms with van der Waals surface area (Å²) in [7, 11) is 0. The number of carbonyl (C=O) groups excluding carboxylic acids is 1. The molecule has 3 nitrogen and oxygen atoms in total. The predicted molar refractivity (Wildman–Crippen MR) is 94.3 cm³/mol. The molecule has 6 heteroatoms. The molecule has 0 saturated heterocycles. The first-order valence-corrected chi connectivity index (χ1v) is 8.81. The number of amides is 1. The summed E-state index contributed by atoms with van der Waals surface area (Å²) < 4.78 is 0. The molecule has 3 aromatic rings. The molecule has 1 N–H and O–H groups in total. The summed E-state index contributed by atoms with van der Waals surface area (Å²) in [6.07, 6.45) is 0. The van der Waals surface area contributed by atoms with E-state index in [0.717, 1.165) is 21.7 Å². The minimum absolute atomic E-state index is 0.244. The van der Waals surface area contributed by atoms with Crippen molar-refractivity contribution in [3.8, 4) is 10.6 Å². The average molecular weight is 349 g/mol. The van der Waals surface area contributed by atoms with Crippen LogP contribution in [-0.4, -0.2) is 10.9 Å². The standard InChI is InChI=1S/C16H13ClN2OS2/c1-9-5-10(2)14(12(17)6-9)19-15(20)13-8-22-16(18-13)11-3-4-21-7-11/h3-8H,1-2H3,(H,19,20). The van der Waals surface area contributed by atoms with Crippen LogP contribution in [0, 0.1) is 13.8 Å². The molecule has 0 radical (unpaired) electrons. The van der Waals surface area contributed by atoms with Gasteiger partial charge in [-0.25, -0.2) is 4.98 Å². The van der Waals surface area contributed by atoms with E-state index in [4.69, 9.17) is 11.6 Å². The monoisotopic (exact) mass is 348 g/mol. The quantitative estimate of drug-likeness (QED) is 0.689. The Labute approximate surface area is 141 Å². The molecular weight excluding hydrogens is 336 g/mol. The smallest absolute Gasteiger partial charge is 0.275 e. The van der Waals surface area contributed by atoms with E-state index >= 15 is 0 Å². The number of rotatable bonds is 3. The Balaban J connectivity index is 1.84. The lowest BCUT2D eigenvalue weighted by molar-refractivity contribution is 0.102. The van der Waals surface area contributed by atoms with Gasteiger partial charge in [-0.15, -0.1) is 11.3 Å². The average Bonchev–Trinajstić information content (AvgIpc) is 3.12. The SMILES string of the molecule is Cc1cc(C)c(NC(=O)c2csc(-c3ccsc3)n2)c(Cl)c1. The van der Waals surface area contributed by atoms with E-state index in [-0.39, 0.29) is 5.91 Å². The summed E-state index contributed by atoms with van der Waals surface area (Å²) in [6.45, 7) is 3.89. The molecule has 2 aromatic heterocycles. The Morgan fingerprint density at radius 1 is 1.27 bits per heavy atom. The van der Waals surface area contributed by atoms with Crippen molar-refractivity contribution >= 4 is 45.9 Å². The van der Waals surface area contributed by atoms with Gasteiger partial charge in [0.15, 0.2) is 0 Å². The Hall–Kier alpha value is -1.69. The van der Waals surface area contributed by atoms with Crippen molar-refractivity contribution in [2.45, 2.75) is 13.8 Å². The van der Waals surface area contributed by atoms with Gasteiger partial charge in [0.2, 0.25) is 0 Å². The molecule has 0 bridgehead atoms. The van der Waals surface area contributed by atoms with Gasteiger partial charge >= 0.3 is 0 Å². The molecule has 3 rings (SSSR count). The van der Waals surface area contributed by atoms with Crippen LogP contribution in [0.2, 0.25) is 5.02 Å². The third-order valence-corrected chi connectivity index (χ3v) is 5.05. The van der Waals surface area contributed by atoms with Gasteiger partial charge in [-0.05, 0) is 42.5 Å². The number of benzene rings is 1. The maximum Gasteiger partial charge on any atom is 0.275 e. The van der Waals surface area contributed by atoms with Gasteiger partial charge in [0, 0.05) is 16.3 Å². The molecule has 0 aliphatic carbocycles. The van der Waals surface area contributed by atoms with Crippen LogP contribution < -0.4 is 5.32 Å². The van der Waals surface area contributed by atoms with Crippen molar-refractivity contribution < 1.29 is 4.79 Å². The molecule has 2 heterocycles. The van der Waals surface area contributed by atoms with Crippen LogP contribution in [-0.2, 0) is 0 Å². The highest BCUT2D eigenvalue weighted by Gasteiger charge is 2.15. The van der Waals surface area contributed by atoms with Crippen molar-refractivity contribution in [3.05, 3.63) is 56.2 Å². The minimum Gasteiger partial charge on any atom is -0.319 e. The van der Waals surface area contributed by atoms with Crippen LogP contribution in [0.25, 0.3) is 10.6 Å². The number of aromatic nitrogens is 1. The number of thiophene rings is 1. The van der Waals surface area contributed by atoms with E-state index in [2.05, 4.69) is 10.3 Å². The lowest BCUT2D eigenvalue weighted by Crippen LogP contribution is -2.13. The van der Waals surface area contributed by atoms with E-state index in [1.54, 1.807) is 16.7 Å². The number of thiazole rings is 1. The van der Waals surface area contributed by atoms with E-state index in [9.17, 15) is 4.79 Å². The summed E-state index contributed by atoms with van der Waals surface area (Å²) >= 11 is 9.29. The lowest BCUT2D eigenvalue weighted by Gasteiger charge is -2.10. The summed E-state index contributed by atoms with van der Waals surface area (Å²) in [6, 6.07) is 5.81. The van der Waals surface area contributed by atoms with Crippen LogP contribution in [0.3, 0.4) is 0 Å². The molecule has 1 aromatic carbocycles. The highest BCUT2D eigenvalue weighted by Crippen LogP contribution is 2.29. The summed E-state index contributed by atoms with van der Waals surface area (Å²) in [5.41, 5.74) is 4.09. The van der Waals surface area contributed by atoms with Gasteiger partial charge < -0.3 is 5.32 Å². The predicted octanol–water partition coefficient (Wildman–Crippen LogP) is 5.39. The molecule has 1 amide bonds. The van der Waals surface area contributed by atoms with Gasteiger partial charge in [-0.1, -0.05) is 17.7 Å². The largest absolute Gasteiger partial charge is 0.319 e. The van der Waals surface area contributed by atoms with E-state index < -0.39 is 0 Å². The number of carbonyl (C=O) groups is 1. The molecular formula is C16H13ClN2OS2. The summed E-state index contributed by atoms with van der Waals surface area (Å²) in [5, 5.41) is 10.0. The van der Waals surface area contributed by atoms with E-state index in [1.807, 2.05) is 42.8 Å². The van der Waals surface area contributed by atoms with Crippen molar-refractivity contribution in [2.24, 2.45) is 0 Å². The first-order valence-electron chi connectivity index (χ1n) is 6.61. The zero-order chi connectivity index (χ0) is 15.7. The fourth-order valence-corrected chi connectivity index (χ4v) is 4.03. The highest BCUT2D eigenvalue weighted by atomic mass is 35.5. The number of hydrogen-bond donors (Lipinski definition) is 1. The fraction of sp³-hybridized carbons (Fsp3) is 0.125. The van der Waals surface area contributed by atoms with Crippen molar-refractivity contribution in [1.82, 2.24) is 4.98 Å². The lowest BCUT2D eigenvalue weighted by atomic mass is 10.1. The van der Waals surface area contributed by atoms with Gasteiger partial charge in [-0.2, -0.15) is 11.3 Å². The maximum atomic E-state index is 12.4. The first-order chi connectivity index (χ1) is 10.5. The zero-order valence-corrected chi connectivity index (χ0v) is 14.4. The van der Waals surface area contributed by atoms with Crippen LogP contribution in [0.4, 0.5) is 5.69 Å². The Morgan fingerprint density at radius 2 is 2.09 bits per heavy atom. The molecule has 0 spiro atoms. The van der Waals surface area contributed by atoms with E-state index in [1.165, 1.54) is 11.3 Å².